The second kappa shape index (κ2) is 10.9. The molecule has 0 spiro atoms. The van der Waals surface area contributed by atoms with Crippen LogP contribution in [0, 0.1) is 0 Å². The van der Waals surface area contributed by atoms with Crippen LogP contribution in [-0.4, -0.2) is 46.0 Å². The van der Waals surface area contributed by atoms with Crippen LogP contribution in [0.3, 0.4) is 0 Å². The standard InChI is InChI=1S/C30H32N6O3/c1-5-35(6-2)22-16-14-20(15-17-22)28-33-30-31-19(3)26(29(38)32-24-12-7-8-13-25(24)39-4)27(36(30)34-28)21-10-9-11-23(37)18-21/h7-18,27,37H,5-6H2,1-4H3,(H,32,38)(H,31,33,34). The highest BCUT2D eigenvalue weighted by Gasteiger charge is 2.35. The van der Waals surface area contributed by atoms with Gasteiger partial charge in [0.2, 0.25) is 5.95 Å². The smallest absolute Gasteiger partial charge is 0.255 e. The number of phenolic OH excluding ortho intramolecular Hbond substituents is 1. The Morgan fingerprint density at radius 2 is 1.82 bits per heavy atom. The van der Waals surface area contributed by atoms with Gasteiger partial charge in [0.15, 0.2) is 5.82 Å². The molecule has 0 saturated heterocycles. The molecule has 5 rings (SSSR count). The minimum absolute atomic E-state index is 0.0991. The summed E-state index contributed by atoms with van der Waals surface area (Å²) in [6, 6.07) is 21.6. The van der Waals surface area contributed by atoms with Crippen LogP contribution in [0.5, 0.6) is 11.5 Å². The van der Waals surface area contributed by atoms with Crippen molar-refractivity contribution in [2.45, 2.75) is 26.8 Å². The maximum atomic E-state index is 13.8. The first-order valence-corrected chi connectivity index (χ1v) is 13.0. The summed E-state index contributed by atoms with van der Waals surface area (Å²) in [4.78, 5) is 20.8. The first-order valence-electron chi connectivity index (χ1n) is 13.0. The molecule has 1 atom stereocenters. The predicted molar refractivity (Wildman–Crippen MR) is 153 cm³/mol. The molecule has 0 radical (unpaired) electrons. The normalized spacial score (nSPS) is 14.4. The molecule has 200 valence electrons. The Morgan fingerprint density at radius 1 is 1.08 bits per heavy atom. The Bertz CT molecular complexity index is 1520. The summed E-state index contributed by atoms with van der Waals surface area (Å²) in [5.74, 6) is 1.38. The van der Waals surface area contributed by atoms with Crippen LogP contribution in [0.4, 0.5) is 17.3 Å². The number of phenols is 1. The van der Waals surface area contributed by atoms with E-state index in [4.69, 9.17) is 14.8 Å². The minimum Gasteiger partial charge on any atom is -0.508 e. The number of rotatable bonds is 8. The number of benzene rings is 3. The summed E-state index contributed by atoms with van der Waals surface area (Å²) < 4.78 is 7.12. The van der Waals surface area contributed by atoms with E-state index in [1.165, 1.54) is 0 Å². The van der Waals surface area contributed by atoms with E-state index in [0.717, 1.165) is 24.3 Å². The van der Waals surface area contributed by atoms with Crippen LogP contribution in [0.25, 0.3) is 11.4 Å². The summed E-state index contributed by atoms with van der Waals surface area (Å²) in [6.07, 6.45) is 0. The highest BCUT2D eigenvalue weighted by Crippen LogP contribution is 2.38. The molecule has 39 heavy (non-hydrogen) atoms. The molecule has 3 N–H and O–H groups in total. The molecule has 1 aliphatic heterocycles. The quantitative estimate of drug-likeness (QED) is 0.282. The molecule has 1 aromatic heterocycles. The first kappa shape index (κ1) is 25.8. The lowest BCUT2D eigenvalue weighted by Gasteiger charge is -2.29. The lowest BCUT2D eigenvalue weighted by atomic mass is 9.95. The maximum absolute atomic E-state index is 13.8. The van der Waals surface area contributed by atoms with Crippen molar-refractivity contribution in [3.05, 3.63) is 89.6 Å². The van der Waals surface area contributed by atoms with Gasteiger partial charge in [0.05, 0.1) is 18.4 Å². The zero-order valence-corrected chi connectivity index (χ0v) is 22.5. The number of fused-ring (bicyclic) bond motifs is 1. The van der Waals surface area contributed by atoms with Crippen LogP contribution < -0.4 is 20.3 Å². The number of aromatic hydroxyl groups is 1. The average molecular weight is 525 g/mol. The van der Waals surface area contributed by atoms with Gasteiger partial charge in [-0.3, -0.25) is 4.79 Å². The number of methoxy groups -OCH3 is 1. The van der Waals surface area contributed by atoms with Crippen molar-refractivity contribution in [2.75, 3.05) is 35.7 Å². The summed E-state index contributed by atoms with van der Waals surface area (Å²) >= 11 is 0. The number of anilines is 3. The summed E-state index contributed by atoms with van der Waals surface area (Å²) in [7, 11) is 1.56. The molecular weight excluding hydrogens is 492 g/mol. The van der Waals surface area contributed by atoms with Gasteiger partial charge >= 0.3 is 0 Å². The fourth-order valence-electron chi connectivity index (χ4n) is 4.92. The largest absolute Gasteiger partial charge is 0.508 e. The van der Waals surface area contributed by atoms with Gasteiger partial charge in [-0.05, 0) is 74.9 Å². The van der Waals surface area contributed by atoms with Gasteiger partial charge in [0.25, 0.3) is 5.91 Å². The Kier molecular flexibility index (Phi) is 7.23. The number of hydrogen-bond acceptors (Lipinski definition) is 7. The van der Waals surface area contributed by atoms with E-state index in [0.29, 0.717) is 40.0 Å². The molecule has 2 heterocycles. The van der Waals surface area contributed by atoms with E-state index in [2.05, 4.69) is 41.5 Å². The lowest BCUT2D eigenvalue weighted by molar-refractivity contribution is -0.113. The summed E-state index contributed by atoms with van der Waals surface area (Å²) in [5.41, 5.74) is 4.35. The molecule has 1 unspecified atom stereocenters. The number of hydrogen-bond donors (Lipinski definition) is 3. The number of ether oxygens (including phenoxy) is 1. The number of aromatic nitrogens is 3. The van der Waals surface area contributed by atoms with Crippen molar-refractivity contribution >= 4 is 23.2 Å². The highest BCUT2D eigenvalue weighted by atomic mass is 16.5. The van der Waals surface area contributed by atoms with E-state index in [9.17, 15) is 9.90 Å². The summed E-state index contributed by atoms with van der Waals surface area (Å²) in [5, 5.41) is 21.4. The Hall–Kier alpha value is -4.79. The molecule has 9 heteroatoms. The molecule has 0 aliphatic carbocycles. The van der Waals surface area contributed by atoms with E-state index < -0.39 is 6.04 Å². The van der Waals surface area contributed by atoms with Crippen molar-refractivity contribution < 1.29 is 14.6 Å². The number of carbonyl (C=O) groups is 1. The van der Waals surface area contributed by atoms with E-state index in [1.807, 2.05) is 37.3 Å². The van der Waals surface area contributed by atoms with Crippen molar-refractivity contribution in [1.82, 2.24) is 14.8 Å². The molecule has 9 nitrogen and oxygen atoms in total. The van der Waals surface area contributed by atoms with E-state index in [-0.39, 0.29) is 11.7 Å². The van der Waals surface area contributed by atoms with Crippen LogP contribution in [0.1, 0.15) is 32.4 Å². The van der Waals surface area contributed by atoms with Crippen LogP contribution in [-0.2, 0) is 4.79 Å². The van der Waals surface area contributed by atoms with E-state index >= 15 is 0 Å². The van der Waals surface area contributed by atoms with Crippen LogP contribution in [0.2, 0.25) is 0 Å². The lowest BCUT2D eigenvalue weighted by Crippen LogP contribution is -2.31. The molecular formula is C30H32N6O3. The third-order valence-electron chi connectivity index (χ3n) is 6.89. The SMILES string of the molecule is CCN(CC)c1ccc(-c2nc3n(n2)C(c2cccc(O)c2)C(C(=O)Nc2ccccc2OC)=C(C)N3)cc1. The monoisotopic (exact) mass is 524 g/mol. The Morgan fingerprint density at radius 3 is 2.51 bits per heavy atom. The molecule has 3 aromatic carbocycles. The number of nitrogens with one attached hydrogen (secondary N) is 2. The van der Waals surface area contributed by atoms with Gasteiger partial charge in [-0.15, -0.1) is 5.10 Å². The number of allylic oxidation sites excluding steroid dienone is 1. The zero-order valence-electron chi connectivity index (χ0n) is 22.5. The molecule has 0 fully saturated rings. The third kappa shape index (κ3) is 5.03. The molecule has 0 bridgehead atoms. The second-order valence-corrected chi connectivity index (χ2v) is 9.24. The number of carbonyl (C=O) groups excluding carboxylic acids is 1. The van der Waals surface area contributed by atoms with Gasteiger partial charge in [-0.2, -0.15) is 4.98 Å². The van der Waals surface area contributed by atoms with Gasteiger partial charge in [0.1, 0.15) is 17.5 Å². The zero-order chi connectivity index (χ0) is 27.5. The molecule has 4 aromatic rings. The minimum atomic E-state index is -0.626. The van der Waals surface area contributed by atoms with Crippen molar-refractivity contribution in [3.8, 4) is 22.9 Å². The number of amides is 1. The number of para-hydroxylation sites is 2. The fourth-order valence-corrected chi connectivity index (χ4v) is 4.92. The Labute approximate surface area is 227 Å². The maximum Gasteiger partial charge on any atom is 0.255 e. The van der Waals surface area contributed by atoms with E-state index in [1.54, 1.807) is 42.1 Å². The predicted octanol–water partition coefficient (Wildman–Crippen LogP) is 5.43. The van der Waals surface area contributed by atoms with Crippen molar-refractivity contribution in [3.63, 3.8) is 0 Å². The molecule has 0 saturated carbocycles. The van der Waals surface area contributed by atoms with Gasteiger partial charge in [-0.1, -0.05) is 24.3 Å². The van der Waals surface area contributed by atoms with Crippen molar-refractivity contribution in [2.24, 2.45) is 0 Å². The fraction of sp³-hybridized carbons (Fsp3) is 0.233. The highest BCUT2D eigenvalue weighted by molar-refractivity contribution is 6.06. The topological polar surface area (TPSA) is 105 Å². The van der Waals surface area contributed by atoms with Crippen LogP contribution >= 0.6 is 0 Å². The van der Waals surface area contributed by atoms with Gasteiger partial charge in [-0.25, -0.2) is 4.68 Å². The summed E-state index contributed by atoms with van der Waals surface area (Å²) in [6.45, 7) is 7.95. The van der Waals surface area contributed by atoms with Crippen molar-refractivity contribution in [1.29, 1.82) is 0 Å². The first-order chi connectivity index (χ1) is 18.9. The average Bonchev–Trinajstić information content (AvgIpc) is 3.37. The number of nitrogens with zero attached hydrogens (tertiary/aromatic N) is 4. The Balaban J connectivity index is 1.55. The second-order valence-electron chi connectivity index (χ2n) is 9.24. The third-order valence-corrected chi connectivity index (χ3v) is 6.89. The van der Waals surface area contributed by atoms with Gasteiger partial charge in [0, 0.05) is 30.0 Å². The molecule has 1 amide bonds. The molecule has 1 aliphatic rings. The van der Waals surface area contributed by atoms with Crippen LogP contribution in [0.15, 0.2) is 84.1 Å². The van der Waals surface area contributed by atoms with Gasteiger partial charge < -0.3 is 25.4 Å².